The largest absolute Gasteiger partial charge is 0.466 e. The van der Waals surface area contributed by atoms with Gasteiger partial charge in [0.05, 0.1) is 24.7 Å². The van der Waals surface area contributed by atoms with Crippen LogP contribution in [0.5, 0.6) is 0 Å². The first-order valence-corrected chi connectivity index (χ1v) is 11.5. The minimum Gasteiger partial charge on any atom is -0.466 e. The van der Waals surface area contributed by atoms with E-state index in [1.807, 2.05) is 13.8 Å². The van der Waals surface area contributed by atoms with Crippen molar-refractivity contribution in [1.82, 2.24) is 0 Å². The molecule has 0 aromatic rings. The van der Waals surface area contributed by atoms with Crippen LogP contribution in [0.25, 0.3) is 0 Å². The van der Waals surface area contributed by atoms with E-state index in [4.69, 9.17) is 0 Å². The van der Waals surface area contributed by atoms with Crippen LogP contribution in [0.15, 0.2) is 0 Å². The van der Waals surface area contributed by atoms with Crippen molar-refractivity contribution in [3.63, 3.8) is 0 Å². The number of carbonyl (C=O) groups is 1. The van der Waals surface area contributed by atoms with Gasteiger partial charge in [-0.25, -0.2) is 0 Å². The fourth-order valence-electron chi connectivity index (χ4n) is 2.94. The summed E-state index contributed by atoms with van der Waals surface area (Å²) in [6.45, 7) is 22.8. The molecular formula is C24H52O4. The predicted molar refractivity (Wildman–Crippen MR) is 121 cm³/mol. The van der Waals surface area contributed by atoms with Gasteiger partial charge in [0.25, 0.3) is 0 Å². The highest BCUT2D eigenvalue weighted by Crippen LogP contribution is 2.19. The Kier molecular flexibility index (Phi) is 22.6. The Labute approximate surface area is 176 Å². The van der Waals surface area contributed by atoms with Gasteiger partial charge < -0.3 is 14.9 Å². The molecule has 0 aromatic heterocycles. The minimum absolute atomic E-state index is 0.00921. The Bertz CT molecular complexity index is 309. The Balaban J connectivity index is -0.000000337. The summed E-state index contributed by atoms with van der Waals surface area (Å²) >= 11 is 0. The van der Waals surface area contributed by atoms with E-state index in [1.54, 1.807) is 6.92 Å². The van der Waals surface area contributed by atoms with Gasteiger partial charge in [-0.05, 0) is 30.6 Å². The summed E-state index contributed by atoms with van der Waals surface area (Å²) < 4.78 is 4.66. The molecule has 0 aliphatic rings. The minimum atomic E-state index is -0.118. The highest BCUT2D eigenvalue weighted by atomic mass is 16.5. The fourth-order valence-corrected chi connectivity index (χ4v) is 2.94. The molecule has 0 aliphatic heterocycles. The number of rotatable bonds is 10. The summed E-state index contributed by atoms with van der Waals surface area (Å²) in [5.74, 6) is 1.71. The summed E-state index contributed by atoms with van der Waals surface area (Å²) in [4.78, 5) is 10.5. The van der Waals surface area contributed by atoms with Gasteiger partial charge in [-0.2, -0.15) is 0 Å². The van der Waals surface area contributed by atoms with Crippen LogP contribution in [-0.4, -0.2) is 35.0 Å². The maximum absolute atomic E-state index is 10.5. The van der Waals surface area contributed by atoms with E-state index in [0.717, 1.165) is 25.7 Å². The standard InChI is InChI=1S/2C9H20O.C6H12O2/c2*1-5-8(6-2)9(10)7(3)4;1-4-8-6(7)5(2)3/h2*7-10H,5-6H2,1-4H3;5H,4H2,1-3H3/t2*9-;/m10./s1. The molecule has 4 heteroatoms. The van der Waals surface area contributed by atoms with Crippen LogP contribution >= 0.6 is 0 Å². The van der Waals surface area contributed by atoms with Gasteiger partial charge in [0.15, 0.2) is 0 Å². The molecule has 4 nitrogen and oxygen atoms in total. The summed E-state index contributed by atoms with van der Waals surface area (Å²) in [6, 6.07) is 0. The monoisotopic (exact) mass is 404 g/mol. The molecule has 0 spiro atoms. The van der Waals surface area contributed by atoms with Crippen LogP contribution < -0.4 is 0 Å². The fraction of sp³-hybridized carbons (Fsp3) is 0.958. The molecular weight excluding hydrogens is 352 g/mol. The van der Waals surface area contributed by atoms with E-state index in [9.17, 15) is 15.0 Å². The lowest BCUT2D eigenvalue weighted by Crippen LogP contribution is -2.24. The number of esters is 1. The number of hydrogen-bond donors (Lipinski definition) is 2. The van der Waals surface area contributed by atoms with E-state index in [1.165, 1.54) is 0 Å². The van der Waals surface area contributed by atoms with E-state index in [0.29, 0.717) is 30.3 Å². The lowest BCUT2D eigenvalue weighted by molar-refractivity contribution is -0.146. The first-order chi connectivity index (χ1) is 12.9. The summed E-state index contributed by atoms with van der Waals surface area (Å²) in [5.41, 5.74) is 0. The summed E-state index contributed by atoms with van der Waals surface area (Å²) in [6.07, 6.45) is 4.17. The van der Waals surface area contributed by atoms with E-state index in [-0.39, 0.29) is 24.1 Å². The van der Waals surface area contributed by atoms with Crippen LogP contribution in [0.4, 0.5) is 0 Å². The van der Waals surface area contributed by atoms with Gasteiger partial charge in [-0.15, -0.1) is 0 Å². The molecule has 0 bridgehead atoms. The molecule has 0 unspecified atom stereocenters. The summed E-state index contributed by atoms with van der Waals surface area (Å²) in [5, 5.41) is 19.2. The maximum atomic E-state index is 10.5. The van der Waals surface area contributed by atoms with Crippen LogP contribution in [0.3, 0.4) is 0 Å². The van der Waals surface area contributed by atoms with Gasteiger partial charge in [-0.1, -0.05) is 94.9 Å². The normalized spacial score (nSPS) is 13.2. The molecule has 0 saturated carbocycles. The smallest absolute Gasteiger partial charge is 0.308 e. The predicted octanol–water partition coefficient (Wildman–Crippen LogP) is 6.08. The van der Waals surface area contributed by atoms with Crippen LogP contribution in [0, 0.1) is 29.6 Å². The molecule has 172 valence electrons. The van der Waals surface area contributed by atoms with E-state index in [2.05, 4.69) is 60.1 Å². The first-order valence-electron chi connectivity index (χ1n) is 11.5. The second-order valence-corrected chi connectivity index (χ2v) is 8.53. The van der Waals surface area contributed by atoms with Crippen molar-refractivity contribution in [3.05, 3.63) is 0 Å². The third-order valence-electron chi connectivity index (χ3n) is 5.19. The van der Waals surface area contributed by atoms with Crippen molar-refractivity contribution in [1.29, 1.82) is 0 Å². The van der Waals surface area contributed by atoms with Crippen molar-refractivity contribution in [2.75, 3.05) is 6.61 Å². The highest BCUT2D eigenvalue weighted by molar-refractivity contribution is 5.71. The second-order valence-electron chi connectivity index (χ2n) is 8.53. The Morgan fingerprint density at radius 3 is 1.04 bits per heavy atom. The molecule has 0 saturated heterocycles. The molecule has 0 fully saturated rings. The zero-order chi connectivity index (χ0) is 22.9. The Morgan fingerprint density at radius 2 is 0.964 bits per heavy atom. The van der Waals surface area contributed by atoms with E-state index >= 15 is 0 Å². The van der Waals surface area contributed by atoms with Crippen LogP contribution in [0.1, 0.15) is 102 Å². The third-order valence-corrected chi connectivity index (χ3v) is 5.19. The van der Waals surface area contributed by atoms with Crippen molar-refractivity contribution in [2.24, 2.45) is 29.6 Å². The second kappa shape index (κ2) is 19.7. The molecule has 0 aromatic carbocycles. The van der Waals surface area contributed by atoms with Gasteiger partial charge in [-0.3, -0.25) is 4.79 Å². The van der Waals surface area contributed by atoms with Gasteiger partial charge in [0.2, 0.25) is 0 Å². The quantitative estimate of drug-likeness (QED) is 0.433. The van der Waals surface area contributed by atoms with Crippen molar-refractivity contribution in [2.45, 2.75) is 114 Å². The van der Waals surface area contributed by atoms with Crippen molar-refractivity contribution >= 4 is 5.97 Å². The number of carbonyl (C=O) groups excluding carboxylic acids is 1. The topological polar surface area (TPSA) is 66.8 Å². The number of ether oxygens (including phenoxy) is 1. The number of aliphatic hydroxyl groups excluding tert-OH is 2. The van der Waals surface area contributed by atoms with Crippen LogP contribution in [0.2, 0.25) is 0 Å². The highest BCUT2D eigenvalue weighted by Gasteiger charge is 2.18. The molecule has 0 rings (SSSR count). The number of hydrogen-bond acceptors (Lipinski definition) is 4. The molecule has 2 N–H and O–H groups in total. The van der Waals surface area contributed by atoms with Gasteiger partial charge in [0, 0.05) is 0 Å². The maximum Gasteiger partial charge on any atom is 0.308 e. The SMILES string of the molecule is CCC(CC)[C@@H](O)C(C)C.CCC(CC)[C@H](O)C(C)C.CCOC(=O)C(C)C. The molecule has 28 heavy (non-hydrogen) atoms. The zero-order valence-corrected chi connectivity index (χ0v) is 20.8. The van der Waals surface area contributed by atoms with E-state index < -0.39 is 0 Å². The summed E-state index contributed by atoms with van der Waals surface area (Å²) in [7, 11) is 0. The molecule has 2 atom stereocenters. The van der Waals surface area contributed by atoms with Crippen molar-refractivity contribution in [3.8, 4) is 0 Å². The van der Waals surface area contributed by atoms with Gasteiger partial charge >= 0.3 is 5.97 Å². The van der Waals surface area contributed by atoms with Gasteiger partial charge in [0.1, 0.15) is 0 Å². The molecule has 0 radical (unpaired) electrons. The van der Waals surface area contributed by atoms with Crippen LogP contribution in [-0.2, 0) is 9.53 Å². The Hall–Kier alpha value is -0.610. The molecule has 0 amide bonds. The molecule has 0 aliphatic carbocycles. The lowest BCUT2D eigenvalue weighted by atomic mass is 9.89. The Morgan fingerprint density at radius 1 is 0.679 bits per heavy atom. The van der Waals surface area contributed by atoms with Crippen molar-refractivity contribution < 1.29 is 19.7 Å². The lowest BCUT2D eigenvalue weighted by Gasteiger charge is -2.22. The zero-order valence-electron chi connectivity index (χ0n) is 20.8. The third kappa shape index (κ3) is 16.4. The average Bonchev–Trinajstić information content (AvgIpc) is 2.64. The first kappa shape index (κ1) is 32.1. The average molecular weight is 405 g/mol. The number of aliphatic hydroxyl groups is 2. The molecule has 0 heterocycles.